The molecule has 4 atom stereocenters. The highest BCUT2D eigenvalue weighted by Gasteiger charge is 2.34. The van der Waals surface area contributed by atoms with Gasteiger partial charge >= 0.3 is 12.0 Å². The summed E-state index contributed by atoms with van der Waals surface area (Å²) in [6.07, 6.45) is 9.08. The van der Waals surface area contributed by atoms with Gasteiger partial charge in [-0.15, -0.1) is 18.3 Å². The number of amides is 4. The van der Waals surface area contributed by atoms with Crippen molar-refractivity contribution in [1.29, 1.82) is 0 Å². The van der Waals surface area contributed by atoms with E-state index in [1.165, 1.54) is 30.7 Å². The minimum Gasteiger partial charge on any atom is -0.459 e. The fourth-order valence-corrected chi connectivity index (χ4v) is 5.00. The summed E-state index contributed by atoms with van der Waals surface area (Å²) in [7, 11) is 1.89. The van der Waals surface area contributed by atoms with E-state index >= 15 is 0 Å². The molecule has 49 heavy (non-hydrogen) atoms. The smallest absolute Gasteiger partial charge is 0.325 e. The Morgan fingerprint density at radius 3 is 2.02 bits per heavy atom. The van der Waals surface area contributed by atoms with Gasteiger partial charge in [0.05, 0.1) is 12.1 Å². The van der Waals surface area contributed by atoms with Crippen LogP contribution in [-0.4, -0.2) is 103 Å². The van der Waals surface area contributed by atoms with Gasteiger partial charge in [0.15, 0.2) is 0 Å². The van der Waals surface area contributed by atoms with E-state index in [4.69, 9.17) is 10.5 Å². The number of nitrogens with two attached hydrogens (primary N) is 1. The molecule has 1 aliphatic heterocycles. The van der Waals surface area contributed by atoms with Crippen LogP contribution >= 0.6 is 11.8 Å². The van der Waals surface area contributed by atoms with E-state index in [2.05, 4.69) is 55.5 Å². The molecule has 14 heteroatoms. The van der Waals surface area contributed by atoms with Crippen LogP contribution in [0.4, 0.5) is 4.79 Å². The zero-order chi connectivity index (χ0) is 38.0. The molecular formula is C35H66N6O7S. The first kappa shape index (κ1) is 48.1. The number of nitrogens with one attached hydrogen (secondary N) is 4. The van der Waals surface area contributed by atoms with Crippen LogP contribution in [0.3, 0.4) is 0 Å². The predicted octanol–water partition coefficient (Wildman–Crippen LogP) is 3.55. The zero-order valence-electron chi connectivity index (χ0n) is 31.5. The Balaban J connectivity index is 0. The second-order valence-electron chi connectivity index (χ2n) is 13.1. The Morgan fingerprint density at radius 1 is 1.00 bits per heavy atom. The van der Waals surface area contributed by atoms with Crippen LogP contribution in [0.25, 0.3) is 0 Å². The minimum atomic E-state index is -0.828. The van der Waals surface area contributed by atoms with Gasteiger partial charge in [-0.25, -0.2) is 4.79 Å². The highest BCUT2D eigenvalue weighted by Crippen LogP contribution is 2.33. The van der Waals surface area contributed by atoms with Crippen LogP contribution in [0.1, 0.15) is 100 Å². The van der Waals surface area contributed by atoms with Crippen LogP contribution in [0.2, 0.25) is 0 Å². The Morgan fingerprint density at radius 2 is 1.59 bits per heavy atom. The normalized spacial score (nSPS) is 17.0. The molecule has 4 unspecified atom stereocenters. The summed E-state index contributed by atoms with van der Waals surface area (Å²) in [6.45, 7) is 20.6. The van der Waals surface area contributed by atoms with Crippen LogP contribution in [0.5, 0.6) is 0 Å². The maximum Gasteiger partial charge on any atom is 0.325 e. The molecule has 6 N–H and O–H groups in total. The number of ketones is 1. The molecular weight excluding hydrogens is 648 g/mol. The number of Topliss-reactive ketones (excluding diaryl/α,β-unsaturated/α-hetero) is 1. The van der Waals surface area contributed by atoms with Crippen molar-refractivity contribution in [3.05, 3.63) is 12.7 Å². The second kappa shape index (κ2) is 27.8. The quantitative estimate of drug-likeness (QED) is 0.0520. The Bertz CT molecular complexity index is 1000. The van der Waals surface area contributed by atoms with Crippen LogP contribution in [0.15, 0.2) is 12.7 Å². The van der Waals surface area contributed by atoms with Crippen molar-refractivity contribution in [1.82, 2.24) is 26.2 Å². The molecule has 2 fully saturated rings. The highest BCUT2D eigenvalue weighted by atomic mass is 32.2. The van der Waals surface area contributed by atoms with E-state index in [0.717, 1.165) is 38.6 Å². The summed E-state index contributed by atoms with van der Waals surface area (Å²) in [5.74, 6) is -0.952. The molecule has 1 saturated heterocycles. The minimum absolute atomic E-state index is 0.182. The number of likely N-dealkylation sites (tertiary alicyclic amines) is 1. The number of nitrogens with zero attached hydrogens (tertiary/aromatic N) is 1. The third-order valence-electron chi connectivity index (χ3n) is 6.87. The summed E-state index contributed by atoms with van der Waals surface area (Å²) < 4.78 is 5.20. The summed E-state index contributed by atoms with van der Waals surface area (Å²) in [4.78, 5) is 72.5. The number of thioether (sulfide) groups is 1. The van der Waals surface area contributed by atoms with Crippen molar-refractivity contribution >= 4 is 47.6 Å². The number of aldehydes is 1. The number of ether oxygens (including phenoxy) is 1. The molecule has 0 aromatic heterocycles. The average molecular weight is 715 g/mol. The van der Waals surface area contributed by atoms with E-state index in [0.29, 0.717) is 24.5 Å². The highest BCUT2D eigenvalue weighted by molar-refractivity contribution is 8.00. The molecule has 0 aromatic rings. The Hall–Kier alpha value is -2.97. The topological polar surface area (TPSA) is 189 Å². The molecule has 4 amide bonds. The fraction of sp³-hybridized carbons (Fsp3) is 0.771. The van der Waals surface area contributed by atoms with Crippen molar-refractivity contribution in [3.63, 3.8) is 0 Å². The number of hydrogen-bond acceptors (Lipinski definition) is 10. The largest absolute Gasteiger partial charge is 0.459 e. The van der Waals surface area contributed by atoms with Gasteiger partial charge in [0.1, 0.15) is 24.3 Å². The molecule has 1 saturated carbocycles. The maximum atomic E-state index is 12.3. The SMILES string of the molecule is C=CCNC(=O)C(=O)C(NC(=O)C1CCCN1C)SCCC.CC(C)(C)C(C=O)NC(=O)NCC(=O)OC(CN)C1CC1.CCC.CCC. The van der Waals surface area contributed by atoms with Gasteiger partial charge in [-0.05, 0) is 62.8 Å². The van der Waals surface area contributed by atoms with Gasteiger partial charge < -0.3 is 36.5 Å². The van der Waals surface area contributed by atoms with Gasteiger partial charge in [-0.3, -0.25) is 24.1 Å². The van der Waals surface area contributed by atoms with Gasteiger partial charge in [-0.1, -0.05) is 74.3 Å². The lowest BCUT2D eigenvalue weighted by Gasteiger charge is -2.26. The molecule has 2 aliphatic rings. The second-order valence-corrected chi connectivity index (χ2v) is 14.3. The third-order valence-corrected chi connectivity index (χ3v) is 8.18. The van der Waals surface area contributed by atoms with E-state index in [9.17, 15) is 28.8 Å². The molecule has 284 valence electrons. The lowest BCUT2D eigenvalue weighted by molar-refractivity contribution is -0.148. The maximum absolute atomic E-state index is 12.3. The third kappa shape index (κ3) is 22.4. The van der Waals surface area contributed by atoms with Crippen LogP contribution in [-0.2, 0) is 28.7 Å². The lowest BCUT2D eigenvalue weighted by Crippen LogP contribution is -2.50. The Labute approximate surface area is 299 Å². The van der Waals surface area contributed by atoms with Gasteiger partial charge in [-0.2, -0.15) is 0 Å². The van der Waals surface area contributed by atoms with Crippen LogP contribution in [0, 0.1) is 11.3 Å². The molecule has 1 heterocycles. The van der Waals surface area contributed by atoms with E-state index in [-0.39, 0.29) is 31.1 Å². The van der Waals surface area contributed by atoms with E-state index in [1.54, 1.807) is 0 Å². The molecule has 1 aliphatic carbocycles. The number of rotatable bonds is 16. The monoisotopic (exact) mass is 714 g/mol. The number of esters is 1. The van der Waals surface area contributed by atoms with Crippen molar-refractivity contribution in [2.75, 3.05) is 39.0 Å². The van der Waals surface area contributed by atoms with E-state index < -0.39 is 40.5 Å². The molecule has 0 spiro atoms. The summed E-state index contributed by atoms with van der Waals surface area (Å²) >= 11 is 1.29. The average Bonchev–Trinajstić information content (AvgIpc) is 3.81. The summed E-state index contributed by atoms with van der Waals surface area (Å²) in [6, 6.07) is -1.42. The van der Waals surface area contributed by atoms with Crippen molar-refractivity contribution in [2.24, 2.45) is 17.1 Å². The fourth-order valence-electron chi connectivity index (χ4n) is 4.07. The number of hydrogen-bond donors (Lipinski definition) is 5. The number of carbonyl (C=O) groups excluding carboxylic acids is 6. The first-order chi connectivity index (χ1) is 23.1. The van der Waals surface area contributed by atoms with Gasteiger partial charge in [0.25, 0.3) is 11.7 Å². The zero-order valence-corrected chi connectivity index (χ0v) is 32.3. The van der Waals surface area contributed by atoms with Crippen LogP contribution < -0.4 is 27.0 Å². The molecule has 13 nitrogen and oxygen atoms in total. The first-order valence-electron chi connectivity index (χ1n) is 17.6. The summed E-state index contributed by atoms with van der Waals surface area (Å²) in [5, 5.41) is 9.26. The van der Waals surface area contributed by atoms with Gasteiger partial charge in [0, 0.05) is 13.1 Å². The summed E-state index contributed by atoms with van der Waals surface area (Å²) in [5.41, 5.74) is 5.14. The van der Waals surface area contributed by atoms with Crippen molar-refractivity contribution < 1.29 is 33.5 Å². The van der Waals surface area contributed by atoms with Crippen molar-refractivity contribution in [2.45, 2.75) is 124 Å². The molecule has 2 rings (SSSR count). The number of carbonyl (C=O) groups is 6. The number of likely N-dealkylation sites (N-methyl/N-ethyl adjacent to an activating group) is 1. The standard InChI is InChI=1S/C15H25N3O3S.C14H25N3O4.2C3H8/c1-4-8-16-14(21)12(19)15(22-10-5-2)17-13(20)11-7-6-9-18(11)3;1-14(2,3)11(8-18)17-13(20)16-7-12(19)21-10(6-15)9-4-5-9;2*1-3-2/h4,11,15H,1,5-10H2,2-3H3,(H,16,21)(H,17,20);8-11H,4-7,15H2,1-3H3,(H2,16,17,20);2*3H2,1-2H3. The van der Waals surface area contributed by atoms with Gasteiger partial charge in [0.2, 0.25) is 5.91 Å². The van der Waals surface area contributed by atoms with Crippen molar-refractivity contribution in [3.8, 4) is 0 Å². The number of urea groups is 1. The predicted molar refractivity (Wildman–Crippen MR) is 198 cm³/mol. The lowest BCUT2D eigenvalue weighted by atomic mass is 9.88. The molecule has 0 bridgehead atoms. The van der Waals surface area contributed by atoms with E-state index in [1.807, 2.05) is 39.6 Å². The molecule has 0 radical (unpaired) electrons. The molecule has 0 aromatic carbocycles. The Kier molecular flexibility index (Phi) is 27.3. The first-order valence-corrected chi connectivity index (χ1v) is 18.6.